The third-order valence-electron chi connectivity index (χ3n) is 4.04. The summed E-state index contributed by atoms with van der Waals surface area (Å²) in [6, 6.07) is 8.19. The number of nitrogens with one attached hydrogen (secondary N) is 2. The number of amides is 2. The maximum Gasteiger partial charge on any atom is 0.237 e. The van der Waals surface area contributed by atoms with Gasteiger partial charge in [0.15, 0.2) is 9.84 Å². The van der Waals surface area contributed by atoms with Gasteiger partial charge in [-0.3, -0.25) is 9.59 Å². The fraction of sp³-hybridized carbons (Fsp3) is 0.222. The van der Waals surface area contributed by atoms with E-state index in [2.05, 4.69) is 10.6 Å². The van der Waals surface area contributed by atoms with Crippen molar-refractivity contribution in [1.29, 1.82) is 0 Å². The van der Waals surface area contributed by atoms with Crippen molar-refractivity contribution >= 4 is 56.4 Å². The summed E-state index contributed by atoms with van der Waals surface area (Å²) in [6.07, 6.45) is -0.285. The van der Waals surface area contributed by atoms with Crippen LogP contribution in [0, 0.1) is 5.82 Å². The highest BCUT2D eigenvalue weighted by Gasteiger charge is 2.25. The van der Waals surface area contributed by atoms with Gasteiger partial charge in [-0.2, -0.15) is 0 Å². The summed E-state index contributed by atoms with van der Waals surface area (Å²) < 4.78 is 38.2. The third-order valence-corrected chi connectivity index (χ3v) is 7.22. The lowest BCUT2D eigenvalue weighted by Gasteiger charge is -2.21. The first-order valence-electron chi connectivity index (χ1n) is 8.25. The Bertz CT molecular complexity index is 1060. The molecule has 0 saturated heterocycles. The first-order chi connectivity index (χ1) is 13.2. The van der Waals surface area contributed by atoms with Crippen molar-refractivity contribution in [2.75, 3.05) is 16.4 Å². The van der Waals surface area contributed by atoms with Crippen molar-refractivity contribution in [3.8, 4) is 0 Å². The molecule has 1 heterocycles. The molecule has 0 aromatic heterocycles. The quantitative estimate of drug-likeness (QED) is 0.736. The molecule has 2 aromatic rings. The van der Waals surface area contributed by atoms with Gasteiger partial charge in [0.1, 0.15) is 5.82 Å². The Labute approximate surface area is 170 Å². The summed E-state index contributed by atoms with van der Waals surface area (Å²) >= 11 is 7.00. The minimum atomic E-state index is -3.73. The summed E-state index contributed by atoms with van der Waals surface area (Å²) in [5.41, 5.74) is 0.719. The van der Waals surface area contributed by atoms with Gasteiger partial charge in [0, 0.05) is 17.0 Å². The van der Waals surface area contributed by atoms with Crippen molar-refractivity contribution in [1.82, 2.24) is 0 Å². The zero-order valence-corrected chi connectivity index (χ0v) is 17.1. The topological polar surface area (TPSA) is 92.3 Å². The normalized spacial score (nSPS) is 16.2. The van der Waals surface area contributed by atoms with Crippen LogP contribution in [0.5, 0.6) is 0 Å². The second-order valence-corrected chi connectivity index (χ2v) is 10.1. The monoisotopic (exact) mass is 442 g/mol. The lowest BCUT2D eigenvalue weighted by molar-refractivity contribution is -0.116. The number of fused-ring (bicyclic) bond motifs is 1. The predicted octanol–water partition coefficient (Wildman–Crippen LogP) is 3.71. The molecule has 148 valence electrons. The van der Waals surface area contributed by atoms with Crippen LogP contribution in [-0.2, 0) is 19.4 Å². The maximum atomic E-state index is 13.1. The number of hydrogen-bond donors (Lipinski definition) is 2. The summed E-state index contributed by atoms with van der Waals surface area (Å²) in [7, 11) is -3.73. The van der Waals surface area contributed by atoms with Crippen LogP contribution in [0.1, 0.15) is 13.3 Å². The number of benzene rings is 2. The molecule has 0 bridgehead atoms. The Morgan fingerprint density at radius 1 is 1.29 bits per heavy atom. The van der Waals surface area contributed by atoms with Crippen LogP contribution in [0.3, 0.4) is 0 Å². The standard InChI is InChI=1S/C18H16ClFN2O4S2/c1-10-18(24)22-15-9-12(3-5-16(15)27-10)28(25,26)7-6-17(23)21-11-2-4-14(20)13(19)8-11/h2-5,8-10H,6-7H2,1H3,(H,21,23)(H,22,24). The largest absolute Gasteiger partial charge is 0.326 e. The van der Waals surface area contributed by atoms with E-state index >= 15 is 0 Å². The molecule has 10 heteroatoms. The number of rotatable bonds is 5. The highest BCUT2D eigenvalue weighted by molar-refractivity contribution is 8.01. The molecule has 3 rings (SSSR count). The van der Waals surface area contributed by atoms with Gasteiger partial charge in [-0.1, -0.05) is 11.6 Å². The maximum absolute atomic E-state index is 13.1. The average Bonchev–Trinajstić information content (AvgIpc) is 2.64. The van der Waals surface area contributed by atoms with Gasteiger partial charge in [-0.05, 0) is 43.3 Å². The number of hydrogen-bond acceptors (Lipinski definition) is 5. The molecule has 2 amide bonds. The van der Waals surface area contributed by atoms with Crippen molar-refractivity contribution < 1.29 is 22.4 Å². The van der Waals surface area contributed by atoms with Crippen LogP contribution in [0.4, 0.5) is 15.8 Å². The molecule has 1 unspecified atom stereocenters. The van der Waals surface area contributed by atoms with E-state index in [9.17, 15) is 22.4 Å². The van der Waals surface area contributed by atoms with Crippen molar-refractivity contribution in [2.24, 2.45) is 0 Å². The Balaban J connectivity index is 1.67. The molecule has 0 radical (unpaired) electrons. The first-order valence-corrected chi connectivity index (χ1v) is 11.2. The van der Waals surface area contributed by atoms with Crippen LogP contribution < -0.4 is 10.6 Å². The van der Waals surface area contributed by atoms with Crippen LogP contribution in [0.2, 0.25) is 5.02 Å². The smallest absolute Gasteiger partial charge is 0.237 e. The first kappa shape index (κ1) is 20.6. The molecule has 0 spiro atoms. The number of sulfone groups is 1. The molecule has 0 aliphatic carbocycles. The predicted molar refractivity (Wildman–Crippen MR) is 107 cm³/mol. The number of carbonyl (C=O) groups excluding carboxylic acids is 2. The van der Waals surface area contributed by atoms with Crippen molar-refractivity contribution in [2.45, 2.75) is 28.4 Å². The van der Waals surface area contributed by atoms with Crippen molar-refractivity contribution in [3.05, 3.63) is 47.2 Å². The van der Waals surface area contributed by atoms with E-state index in [1.165, 1.54) is 36.0 Å². The van der Waals surface area contributed by atoms with Gasteiger partial charge in [-0.15, -0.1) is 11.8 Å². The summed E-state index contributed by atoms with van der Waals surface area (Å²) in [4.78, 5) is 24.6. The number of thioether (sulfide) groups is 1. The molecule has 1 atom stereocenters. The van der Waals surface area contributed by atoms with Crippen LogP contribution in [0.15, 0.2) is 46.2 Å². The van der Waals surface area contributed by atoms with Gasteiger partial charge >= 0.3 is 0 Å². The fourth-order valence-corrected chi connectivity index (χ4v) is 4.90. The molecule has 28 heavy (non-hydrogen) atoms. The van der Waals surface area contributed by atoms with Gasteiger partial charge < -0.3 is 10.6 Å². The Morgan fingerprint density at radius 3 is 2.75 bits per heavy atom. The molecule has 2 N–H and O–H groups in total. The molecule has 2 aromatic carbocycles. The van der Waals surface area contributed by atoms with Crippen LogP contribution in [0.25, 0.3) is 0 Å². The van der Waals surface area contributed by atoms with E-state index in [1.54, 1.807) is 13.0 Å². The second-order valence-electron chi connectivity index (χ2n) is 6.15. The number of halogens is 2. The Morgan fingerprint density at radius 2 is 2.04 bits per heavy atom. The van der Waals surface area contributed by atoms with Crippen molar-refractivity contribution in [3.63, 3.8) is 0 Å². The summed E-state index contributed by atoms with van der Waals surface area (Å²) in [5.74, 6) is -1.76. The van der Waals surface area contributed by atoms with E-state index < -0.39 is 27.3 Å². The Hall–Kier alpha value is -2.10. The third kappa shape index (κ3) is 4.65. The van der Waals surface area contributed by atoms with Crippen LogP contribution in [-0.4, -0.2) is 31.2 Å². The SMILES string of the molecule is CC1Sc2ccc(S(=O)(=O)CCC(=O)Nc3ccc(F)c(Cl)c3)cc2NC1=O. The minimum Gasteiger partial charge on any atom is -0.326 e. The van der Waals surface area contributed by atoms with Gasteiger partial charge in [0.05, 0.1) is 26.6 Å². The summed E-state index contributed by atoms with van der Waals surface area (Å²) in [5, 5.41) is 4.77. The highest BCUT2D eigenvalue weighted by atomic mass is 35.5. The molecule has 0 fully saturated rings. The zero-order valence-electron chi connectivity index (χ0n) is 14.7. The Kier molecular flexibility index (Phi) is 5.97. The minimum absolute atomic E-state index is 0.0272. The van der Waals surface area contributed by atoms with E-state index in [-0.39, 0.29) is 33.2 Å². The van der Waals surface area contributed by atoms with Gasteiger partial charge in [0.2, 0.25) is 11.8 Å². The summed E-state index contributed by atoms with van der Waals surface area (Å²) in [6.45, 7) is 1.76. The average molecular weight is 443 g/mol. The van der Waals surface area contributed by atoms with E-state index in [4.69, 9.17) is 11.6 Å². The molecular formula is C18H16ClFN2O4S2. The van der Waals surface area contributed by atoms with E-state index in [1.807, 2.05) is 0 Å². The number of carbonyl (C=O) groups is 2. The fourth-order valence-electron chi connectivity index (χ4n) is 2.52. The number of anilines is 2. The molecule has 1 aliphatic heterocycles. The molecule has 0 saturated carbocycles. The van der Waals surface area contributed by atoms with E-state index in [0.717, 1.165) is 11.0 Å². The molecule has 1 aliphatic rings. The van der Waals surface area contributed by atoms with Gasteiger partial charge in [-0.25, -0.2) is 12.8 Å². The second kappa shape index (κ2) is 8.10. The van der Waals surface area contributed by atoms with E-state index in [0.29, 0.717) is 5.69 Å². The molecular weight excluding hydrogens is 427 g/mol. The molecule has 6 nitrogen and oxygen atoms in total. The lowest BCUT2D eigenvalue weighted by atomic mass is 10.3. The highest BCUT2D eigenvalue weighted by Crippen LogP contribution is 2.36. The zero-order chi connectivity index (χ0) is 20.5. The van der Waals surface area contributed by atoms with Gasteiger partial charge in [0.25, 0.3) is 0 Å². The lowest BCUT2D eigenvalue weighted by Crippen LogP contribution is -2.26. The van der Waals surface area contributed by atoms with Crippen LogP contribution >= 0.6 is 23.4 Å².